The molecule has 0 unspecified atom stereocenters. The largest absolute Gasteiger partial charge is 0.465 e. The minimum atomic E-state index is -0.440. The predicted molar refractivity (Wildman–Crippen MR) is 118 cm³/mol. The highest BCUT2D eigenvalue weighted by Crippen LogP contribution is 2.34. The minimum Gasteiger partial charge on any atom is -0.465 e. The molecule has 0 fully saturated rings. The summed E-state index contributed by atoms with van der Waals surface area (Å²) in [5.74, 6) is 0.687. The van der Waals surface area contributed by atoms with Crippen molar-refractivity contribution in [3.8, 4) is 0 Å². The number of benzene rings is 1. The number of carbonyl (C=O) groups is 2. The van der Waals surface area contributed by atoms with Gasteiger partial charge < -0.3 is 9.15 Å². The average molecular weight is 427 g/mol. The van der Waals surface area contributed by atoms with Gasteiger partial charge in [0.15, 0.2) is 5.13 Å². The lowest BCUT2D eigenvalue weighted by molar-refractivity contribution is -0.115. The number of carbonyl (C=O) groups excluding carboxylic acids is 2. The van der Waals surface area contributed by atoms with Gasteiger partial charge in [-0.3, -0.25) is 9.69 Å². The Morgan fingerprint density at radius 1 is 1.07 bits per heavy atom. The van der Waals surface area contributed by atoms with E-state index in [0.29, 0.717) is 27.9 Å². The Labute approximate surface area is 180 Å². The Hall–Kier alpha value is -2.93. The van der Waals surface area contributed by atoms with Crippen LogP contribution in [-0.4, -0.2) is 16.9 Å². The first-order valence-electron chi connectivity index (χ1n) is 9.66. The molecule has 2 heterocycles. The van der Waals surface area contributed by atoms with Crippen LogP contribution < -0.4 is 4.90 Å². The van der Waals surface area contributed by atoms with Crippen LogP contribution >= 0.6 is 11.3 Å². The summed E-state index contributed by atoms with van der Waals surface area (Å²) >= 11 is 1.34. The Balaban J connectivity index is 1.82. The third-order valence-corrected chi connectivity index (χ3v) is 5.90. The molecule has 6 nitrogen and oxygen atoms in total. The molecule has 0 atom stereocenters. The molecule has 1 amide bonds. The second-order valence-electron chi connectivity index (χ2n) is 7.51. The molecule has 1 aromatic carbocycles. The molecular weight excluding hydrogens is 400 g/mol. The lowest BCUT2D eigenvalue weighted by Crippen LogP contribution is -2.24. The number of rotatable bonds is 5. The second-order valence-corrected chi connectivity index (χ2v) is 8.35. The molecule has 0 saturated heterocycles. The number of ether oxygens (including phenoxy) is 1. The summed E-state index contributed by atoms with van der Waals surface area (Å²) in [5, 5.41) is 2.35. The van der Waals surface area contributed by atoms with Crippen LogP contribution in [0.25, 0.3) is 0 Å². The number of furan rings is 1. The van der Waals surface area contributed by atoms with Gasteiger partial charge in [0.05, 0.1) is 11.4 Å². The first-order valence-corrected chi connectivity index (χ1v) is 10.5. The van der Waals surface area contributed by atoms with E-state index in [1.54, 1.807) is 17.2 Å². The molecule has 2 aromatic heterocycles. The van der Waals surface area contributed by atoms with Gasteiger partial charge >= 0.3 is 5.97 Å². The van der Waals surface area contributed by atoms with E-state index in [2.05, 4.69) is 4.98 Å². The molecule has 3 aromatic rings. The van der Waals surface area contributed by atoms with Gasteiger partial charge in [-0.05, 0) is 52.7 Å². The highest BCUT2D eigenvalue weighted by Gasteiger charge is 2.23. The standard InChI is InChI=1S/C23H26N2O4S/c1-12-8-13(2)21(14(3)9-12)25(18(7)26)23-24-19(11-30-23)10-28-22(27)20-15(4)16(5)29-17(20)6/h8-9,11H,10H2,1-7H3. The van der Waals surface area contributed by atoms with Gasteiger partial charge in [-0.25, -0.2) is 9.78 Å². The molecule has 0 aliphatic rings. The number of anilines is 2. The maximum Gasteiger partial charge on any atom is 0.342 e. The Kier molecular flexibility index (Phi) is 6.12. The monoisotopic (exact) mass is 426 g/mol. The predicted octanol–water partition coefficient (Wildman–Crippen LogP) is 5.63. The van der Waals surface area contributed by atoms with Crippen LogP contribution in [-0.2, 0) is 16.1 Å². The van der Waals surface area contributed by atoms with E-state index in [1.807, 2.05) is 46.8 Å². The molecule has 0 radical (unpaired) electrons. The van der Waals surface area contributed by atoms with Crippen LogP contribution in [0.5, 0.6) is 0 Å². The van der Waals surface area contributed by atoms with Gasteiger partial charge in [-0.15, -0.1) is 11.3 Å². The van der Waals surface area contributed by atoms with E-state index in [4.69, 9.17) is 9.15 Å². The van der Waals surface area contributed by atoms with E-state index >= 15 is 0 Å². The summed E-state index contributed by atoms with van der Waals surface area (Å²) in [7, 11) is 0. The fraction of sp³-hybridized carbons (Fsp3) is 0.348. The lowest BCUT2D eigenvalue weighted by atomic mass is 10.0. The number of amides is 1. The fourth-order valence-electron chi connectivity index (χ4n) is 3.68. The molecule has 0 aliphatic carbocycles. The van der Waals surface area contributed by atoms with Crippen LogP contribution in [0.4, 0.5) is 10.8 Å². The number of aryl methyl sites for hydroxylation is 5. The quantitative estimate of drug-likeness (QED) is 0.495. The van der Waals surface area contributed by atoms with Crippen molar-refractivity contribution in [2.24, 2.45) is 0 Å². The second kappa shape index (κ2) is 8.44. The topological polar surface area (TPSA) is 72.6 Å². The number of esters is 1. The first-order chi connectivity index (χ1) is 14.1. The molecule has 0 N–H and O–H groups in total. The number of hydrogen-bond donors (Lipinski definition) is 0. The summed E-state index contributed by atoms with van der Waals surface area (Å²) in [6.45, 7) is 12.9. The van der Waals surface area contributed by atoms with Crippen molar-refractivity contribution in [2.45, 2.75) is 55.1 Å². The molecule has 0 spiro atoms. The SMILES string of the molecule is CC(=O)N(c1nc(COC(=O)c2c(C)oc(C)c2C)cs1)c1c(C)cc(C)cc1C. The van der Waals surface area contributed by atoms with E-state index in [0.717, 1.165) is 27.9 Å². The summed E-state index contributed by atoms with van der Waals surface area (Å²) < 4.78 is 11.0. The molecule has 30 heavy (non-hydrogen) atoms. The van der Waals surface area contributed by atoms with E-state index in [-0.39, 0.29) is 12.5 Å². The highest BCUT2D eigenvalue weighted by atomic mass is 32.1. The van der Waals surface area contributed by atoms with E-state index in [1.165, 1.54) is 18.3 Å². The average Bonchev–Trinajstić information content (AvgIpc) is 3.20. The summed E-state index contributed by atoms with van der Waals surface area (Å²) in [4.78, 5) is 31.1. The molecule has 3 rings (SSSR count). The van der Waals surface area contributed by atoms with Gasteiger partial charge in [-0.2, -0.15) is 0 Å². The maximum absolute atomic E-state index is 12.5. The minimum absolute atomic E-state index is 0.0239. The van der Waals surface area contributed by atoms with Crippen molar-refractivity contribution < 1.29 is 18.7 Å². The molecule has 7 heteroatoms. The van der Waals surface area contributed by atoms with E-state index < -0.39 is 5.97 Å². The van der Waals surface area contributed by atoms with Crippen LogP contribution in [0.3, 0.4) is 0 Å². The number of thiazole rings is 1. The van der Waals surface area contributed by atoms with Crippen molar-refractivity contribution in [1.29, 1.82) is 0 Å². The third kappa shape index (κ3) is 4.16. The van der Waals surface area contributed by atoms with Crippen molar-refractivity contribution in [3.05, 3.63) is 62.5 Å². The number of aromatic nitrogens is 1. The summed E-state index contributed by atoms with van der Waals surface area (Å²) in [6.07, 6.45) is 0. The Morgan fingerprint density at radius 3 is 2.23 bits per heavy atom. The van der Waals surface area contributed by atoms with Gasteiger partial charge in [0.2, 0.25) is 5.91 Å². The smallest absolute Gasteiger partial charge is 0.342 e. The molecule has 0 aliphatic heterocycles. The zero-order valence-corrected chi connectivity index (χ0v) is 19.2. The zero-order chi connectivity index (χ0) is 22.2. The Morgan fingerprint density at radius 2 is 1.70 bits per heavy atom. The lowest BCUT2D eigenvalue weighted by Gasteiger charge is -2.23. The summed E-state index contributed by atoms with van der Waals surface area (Å²) in [5.41, 5.74) is 5.82. The van der Waals surface area contributed by atoms with Crippen molar-refractivity contribution in [2.75, 3.05) is 4.90 Å². The van der Waals surface area contributed by atoms with E-state index in [9.17, 15) is 9.59 Å². The molecule has 0 saturated carbocycles. The van der Waals surface area contributed by atoms with Gasteiger partial charge in [0.1, 0.15) is 23.7 Å². The fourth-order valence-corrected chi connectivity index (χ4v) is 4.54. The number of hydrogen-bond acceptors (Lipinski definition) is 6. The summed E-state index contributed by atoms with van der Waals surface area (Å²) in [6, 6.07) is 4.10. The molecular formula is C23H26N2O4S. The normalized spacial score (nSPS) is 10.9. The molecule has 0 bridgehead atoms. The van der Waals surface area contributed by atoms with Crippen LogP contribution in [0.2, 0.25) is 0 Å². The van der Waals surface area contributed by atoms with Crippen molar-refractivity contribution in [3.63, 3.8) is 0 Å². The van der Waals surface area contributed by atoms with Crippen molar-refractivity contribution in [1.82, 2.24) is 4.98 Å². The zero-order valence-electron chi connectivity index (χ0n) is 18.4. The van der Waals surface area contributed by atoms with Crippen LogP contribution in [0.1, 0.15) is 56.7 Å². The highest BCUT2D eigenvalue weighted by molar-refractivity contribution is 7.14. The first kappa shape index (κ1) is 21.8. The Bertz CT molecular complexity index is 1100. The van der Waals surface area contributed by atoms with Crippen LogP contribution in [0.15, 0.2) is 21.9 Å². The molecule has 158 valence electrons. The van der Waals surface area contributed by atoms with Gasteiger partial charge in [0.25, 0.3) is 0 Å². The maximum atomic E-state index is 12.5. The van der Waals surface area contributed by atoms with Crippen molar-refractivity contribution >= 4 is 34.0 Å². The van der Waals surface area contributed by atoms with Crippen LogP contribution in [0, 0.1) is 41.5 Å². The number of nitrogens with zero attached hydrogens (tertiary/aromatic N) is 2. The van der Waals surface area contributed by atoms with Gasteiger partial charge in [0, 0.05) is 17.9 Å². The third-order valence-electron chi connectivity index (χ3n) is 5.02. The van der Waals surface area contributed by atoms with Gasteiger partial charge in [-0.1, -0.05) is 17.7 Å².